The van der Waals surface area contributed by atoms with Gasteiger partial charge in [0.05, 0.1) is 31.1 Å². The molecule has 0 unspecified atom stereocenters. The van der Waals surface area contributed by atoms with Gasteiger partial charge in [0.1, 0.15) is 23.8 Å². The Morgan fingerprint density at radius 2 is 2.00 bits per heavy atom. The van der Waals surface area contributed by atoms with Gasteiger partial charge in [-0.25, -0.2) is 12.8 Å². The Balaban J connectivity index is 1.58. The van der Waals surface area contributed by atoms with E-state index >= 15 is 0 Å². The van der Waals surface area contributed by atoms with Gasteiger partial charge in [0.15, 0.2) is 0 Å². The van der Waals surface area contributed by atoms with Gasteiger partial charge in [0, 0.05) is 17.2 Å². The molecule has 1 saturated heterocycles. The second kappa shape index (κ2) is 8.45. The van der Waals surface area contributed by atoms with Crippen molar-refractivity contribution in [3.8, 4) is 5.75 Å². The van der Waals surface area contributed by atoms with E-state index in [1.807, 2.05) is 0 Å². The molecule has 2 N–H and O–H groups in total. The molecule has 2 aromatic carbocycles. The lowest BCUT2D eigenvalue weighted by atomic mass is 9.84. The number of methoxy groups -OCH3 is 1. The number of anilines is 1. The lowest BCUT2D eigenvalue weighted by molar-refractivity contribution is -0.156. The molecule has 2 aliphatic heterocycles. The van der Waals surface area contributed by atoms with Gasteiger partial charge in [0.25, 0.3) is 10.0 Å². The number of halogens is 1. The molecule has 31 heavy (non-hydrogen) atoms. The molecule has 0 spiro atoms. The number of aliphatic hydroxyl groups excluding tert-OH is 1. The van der Waals surface area contributed by atoms with E-state index < -0.39 is 40.1 Å². The predicted octanol–water partition coefficient (Wildman–Crippen LogP) is 2.18. The number of carbonyl (C=O) groups is 1. The van der Waals surface area contributed by atoms with Crippen LogP contribution in [-0.2, 0) is 24.3 Å². The van der Waals surface area contributed by atoms with E-state index in [4.69, 9.17) is 14.2 Å². The Kier molecular flexibility index (Phi) is 5.87. The van der Waals surface area contributed by atoms with Crippen LogP contribution in [-0.4, -0.2) is 51.5 Å². The largest absolute Gasteiger partial charge is 0.487 e. The second-order valence-electron chi connectivity index (χ2n) is 7.50. The van der Waals surface area contributed by atoms with Crippen LogP contribution >= 0.6 is 0 Å². The van der Waals surface area contributed by atoms with Crippen molar-refractivity contribution in [1.29, 1.82) is 0 Å². The van der Waals surface area contributed by atoms with E-state index in [1.165, 1.54) is 19.2 Å². The average Bonchev–Trinajstić information content (AvgIpc) is 3.11. The lowest BCUT2D eigenvalue weighted by Crippen LogP contribution is -2.46. The van der Waals surface area contributed by atoms with Gasteiger partial charge < -0.3 is 19.3 Å². The van der Waals surface area contributed by atoms with Crippen molar-refractivity contribution in [3.05, 3.63) is 53.8 Å². The highest BCUT2D eigenvalue weighted by molar-refractivity contribution is 7.92. The third-order valence-corrected chi connectivity index (χ3v) is 6.89. The highest BCUT2D eigenvalue weighted by Crippen LogP contribution is 2.47. The van der Waals surface area contributed by atoms with Gasteiger partial charge in [-0.15, -0.1) is 0 Å². The number of carbonyl (C=O) groups excluding carboxylic acids is 1. The van der Waals surface area contributed by atoms with E-state index in [9.17, 15) is 22.7 Å². The van der Waals surface area contributed by atoms with Crippen LogP contribution in [0.5, 0.6) is 5.75 Å². The summed E-state index contributed by atoms with van der Waals surface area (Å²) >= 11 is 0. The molecule has 166 valence electrons. The number of esters is 1. The zero-order valence-electron chi connectivity index (χ0n) is 16.7. The normalized spacial score (nSPS) is 24.6. The Morgan fingerprint density at radius 1 is 1.26 bits per heavy atom. The van der Waals surface area contributed by atoms with Crippen LogP contribution in [0, 0.1) is 5.82 Å². The molecule has 8 nitrogen and oxygen atoms in total. The fraction of sp³-hybridized carbons (Fsp3) is 0.381. The first-order valence-corrected chi connectivity index (χ1v) is 11.2. The minimum atomic E-state index is -3.91. The molecule has 4 atom stereocenters. The summed E-state index contributed by atoms with van der Waals surface area (Å²) in [6, 6.07) is 9.42. The molecule has 0 radical (unpaired) electrons. The van der Waals surface area contributed by atoms with E-state index in [2.05, 4.69) is 4.72 Å². The second-order valence-corrected chi connectivity index (χ2v) is 9.18. The van der Waals surface area contributed by atoms with Gasteiger partial charge in [-0.3, -0.25) is 9.52 Å². The smallest absolute Gasteiger partial charge is 0.308 e. The molecule has 0 aromatic heterocycles. The summed E-state index contributed by atoms with van der Waals surface area (Å²) in [5, 5.41) is 9.74. The summed E-state index contributed by atoms with van der Waals surface area (Å²) in [7, 11) is -2.61. The molecule has 10 heteroatoms. The molecule has 4 rings (SSSR count). The maximum Gasteiger partial charge on any atom is 0.308 e. The first-order chi connectivity index (χ1) is 14.8. The van der Waals surface area contributed by atoms with Gasteiger partial charge in [-0.05, 0) is 48.9 Å². The molecule has 2 heterocycles. The van der Waals surface area contributed by atoms with Crippen LogP contribution in [0.4, 0.5) is 10.1 Å². The van der Waals surface area contributed by atoms with Crippen molar-refractivity contribution >= 4 is 21.7 Å². The number of sulfonamides is 1. The van der Waals surface area contributed by atoms with Crippen molar-refractivity contribution in [2.24, 2.45) is 0 Å². The number of hydrogen-bond donors (Lipinski definition) is 2. The first-order valence-electron chi connectivity index (χ1n) is 9.73. The summed E-state index contributed by atoms with van der Waals surface area (Å²) in [6.45, 7) is -0.281. The summed E-state index contributed by atoms with van der Waals surface area (Å²) in [5.41, 5.74) is 1.09. The molecule has 0 bridgehead atoms. The molecule has 1 fully saturated rings. The topological polar surface area (TPSA) is 111 Å². The van der Waals surface area contributed by atoms with Gasteiger partial charge in [-0.2, -0.15) is 0 Å². The third-order valence-electron chi connectivity index (χ3n) is 5.50. The molecule has 2 aromatic rings. The van der Waals surface area contributed by atoms with Gasteiger partial charge >= 0.3 is 5.97 Å². The number of fused-ring (bicyclic) bond motifs is 3. The zero-order valence-corrected chi connectivity index (χ0v) is 17.5. The molecule has 0 saturated carbocycles. The Hall–Kier alpha value is -2.69. The van der Waals surface area contributed by atoms with Crippen molar-refractivity contribution in [2.45, 2.75) is 42.0 Å². The van der Waals surface area contributed by atoms with Crippen LogP contribution in [0.25, 0.3) is 0 Å². The third kappa shape index (κ3) is 4.36. The van der Waals surface area contributed by atoms with Crippen molar-refractivity contribution in [3.63, 3.8) is 0 Å². The maximum absolute atomic E-state index is 13.1. The first kappa shape index (κ1) is 21.5. The predicted molar refractivity (Wildman–Crippen MR) is 108 cm³/mol. The number of nitrogens with one attached hydrogen (secondary N) is 1. The van der Waals surface area contributed by atoms with Crippen molar-refractivity contribution in [1.82, 2.24) is 0 Å². The van der Waals surface area contributed by atoms with Crippen molar-refractivity contribution in [2.75, 3.05) is 18.4 Å². The zero-order chi connectivity index (χ0) is 22.2. The number of benzene rings is 2. The van der Waals surface area contributed by atoms with Crippen LogP contribution in [0.15, 0.2) is 47.4 Å². The summed E-state index contributed by atoms with van der Waals surface area (Å²) in [4.78, 5) is 11.6. The summed E-state index contributed by atoms with van der Waals surface area (Å²) in [5.74, 6) is -0.564. The van der Waals surface area contributed by atoms with Crippen molar-refractivity contribution < 1.29 is 36.9 Å². The maximum atomic E-state index is 13.1. The number of rotatable bonds is 6. The summed E-state index contributed by atoms with van der Waals surface area (Å²) in [6.07, 6.45) is -1.03. The molecule has 2 aliphatic rings. The molecular weight excluding hydrogens is 429 g/mol. The molecule has 0 amide bonds. The van der Waals surface area contributed by atoms with Crippen LogP contribution < -0.4 is 9.46 Å². The fourth-order valence-corrected chi connectivity index (χ4v) is 5.10. The molecule has 0 aliphatic carbocycles. The van der Waals surface area contributed by atoms with Crippen LogP contribution in [0.3, 0.4) is 0 Å². The Bertz CT molecular complexity index is 1070. The van der Waals surface area contributed by atoms with E-state index in [0.717, 1.165) is 17.7 Å². The number of aliphatic hydroxyl groups is 1. The highest BCUT2D eigenvalue weighted by atomic mass is 32.2. The SMILES string of the molecule is COC(=O)C[C@H]1C[C@@H]2c3cc(NS(=O)(=O)c4ccc(F)cc4)ccc3O[C@@H]2[C@@H](CO)O1. The van der Waals surface area contributed by atoms with Crippen LogP contribution in [0.1, 0.15) is 24.3 Å². The van der Waals surface area contributed by atoms with Crippen LogP contribution in [0.2, 0.25) is 0 Å². The Labute approximate surface area is 179 Å². The highest BCUT2D eigenvalue weighted by Gasteiger charge is 2.46. The minimum absolute atomic E-state index is 0.0441. The van der Waals surface area contributed by atoms with Gasteiger partial charge in [-0.1, -0.05) is 0 Å². The summed E-state index contributed by atoms with van der Waals surface area (Å²) < 4.78 is 57.4. The minimum Gasteiger partial charge on any atom is -0.487 e. The quantitative estimate of drug-likeness (QED) is 0.648. The monoisotopic (exact) mass is 451 g/mol. The lowest BCUT2D eigenvalue weighted by Gasteiger charge is -2.36. The number of ether oxygens (including phenoxy) is 3. The van der Waals surface area contributed by atoms with E-state index in [0.29, 0.717) is 17.9 Å². The van der Waals surface area contributed by atoms with Gasteiger partial charge in [0.2, 0.25) is 0 Å². The fourth-order valence-electron chi connectivity index (χ4n) is 4.05. The number of hydrogen-bond acceptors (Lipinski definition) is 7. The Morgan fingerprint density at radius 3 is 2.68 bits per heavy atom. The standard InChI is InChI=1S/C21H22FNO7S/c1-28-20(25)10-14-9-17-16-8-13(4-7-18(16)30-21(17)19(11-24)29-14)23-31(26,27)15-5-2-12(22)3-6-15/h2-8,14,17,19,21,23-24H,9-11H2,1H3/t14-,17-,19-,21+/m1/s1. The molecular formula is C21H22FNO7S. The van der Waals surface area contributed by atoms with E-state index in [-0.39, 0.29) is 23.8 Å². The van der Waals surface area contributed by atoms with E-state index in [1.54, 1.807) is 18.2 Å². The average molecular weight is 451 g/mol.